The molecule has 0 radical (unpaired) electrons. The molecule has 0 atom stereocenters. The van der Waals surface area contributed by atoms with Crippen molar-refractivity contribution in [2.45, 2.75) is 141 Å². The van der Waals surface area contributed by atoms with Crippen molar-refractivity contribution in [3.05, 3.63) is 0 Å². The van der Waals surface area contributed by atoms with E-state index in [1.165, 1.54) is 116 Å². The highest BCUT2D eigenvalue weighted by Gasteiger charge is 2.15. The minimum atomic E-state index is -0.353. The standard InChI is InChI=1S/C22H47ClSi/c1-4-5-6-7-8-9-10-11-12-13-14-15-16-17-18-19-20-21-22(2,3)24-23/h4-21,24H2,1-3H3. The molecule has 2 heteroatoms. The van der Waals surface area contributed by atoms with Gasteiger partial charge in [-0.15, -0.1) is 0 Å². The Balaban J connectivity index is 3.05. The smallest absolute Gasteiger partial charge is 0.130 e. The van der Waals surface area contributed by atoms with Crippen LogP contribution in [-0.2, 0) is 0 Å². The van der Waals surface area contributed by atoms with E-state index < -0.39 is 0 Å². The van der Waals surface area contributed by atoms with Crippen molar-refractivity contribution in [3.8, 4) is 0 Å². The van der Waals surface area contributed by atoms with Crippen LogP contribution in [0.5, 0.6) is 0 Å². The average molecular weight is 375 g/mol. The first-order chi connectivity index (χ1) is 11.6. The molecule has 0 rings (SSSR count). The second kappa shape index (κ2) is 18.3. The normalized spacial score (nSPS) is 12.5. The molecule has 0 saturated heterocycles. The van der Waals surface area contributed by atoms with E-state index in [9.17, 15) is 0 Å². The van der Waals surface area contributed by atoms with Crippen molar-refractivity contribution in [2.75, 3.05) is 0 Å². The molecule has 0 aliphatic heterocycles. The zero-order valence-corrected chi connectivity index (χ0v) is 19.5. The molecule has 0 saturated carbocycles. The fraction of sp³-hybridized carbons (Fsp3) is 1.00. The predicted octanol–water partition coefficient (Wildman–Crippen LogP) is 8.55. The summed E-state index contributed by atoms with van der Waals surface area (Å²) in [4.78, 5) is 0. The van der Waals surface area contributed by atoms with Gasteiger partial charge in [0.25, 0.3) is 0 Å². The van der Waals surface area contributed by atoms with Crippen molar-refractivity contribution in [3.63, 3.8) is 0 Å². The summed E-state index contributed by atoms with van der Waals surface area (Å²) in [5, 5.41) is 0.483. The van der Waals surface area contributed by atoms with Crippen LogP contribution >= 0.6 is 11.1 Å². The van der Waals surface area contributed by atoms with Crippen LogP contribution in [0.15, 0.2) is 0 Å². The Morgan fingerprint density at radius 2 is 0.833 bits per heavy atom. The molecule has 0 bridgehead atoms. The molecule has 0 aliphatic rings. The van der Waals surface area contributed by atoms with Crippen LogP contribution in [0.2, 0.25) is 5.04 Å². The Kier molecular flexibility index (Phi) is 18.7. The van der Waals surface area contributed by atoms with Gasteiger partial charge in [0.15, 0.2) is 0 Å². The summed E-state index contributed by atoms with van der Waals surface area (Å²) in [6.07, 6.45) is 26.1. The third kappa shape index (κ3) is 18.8. The maximum absolute atomic E-state index is 6.11. The van der Waals surface area contributed by atoms with E-state index in [0.717, 1.165) is 0 Å². The number of unbranched alkanes of at least 4 members (excludes halogenated alkanes) is 16. The van der Waals surface area contributed by atoms with Gasteiger partial charge in [-0.05, 0) is 11.5 Å². The monoisotopic (exact) mass is 374 g/mol. The molecule has 0 fully saturated rings. The minimum Gasteiger partial charge on any atom is -0.176 e. The minimum absolute atomic E-state index is 0.353. The van der Waals surface area contributed by atoms with Crippen LogP contribution in [0.25, 0.3) is 0 Å². The van der Waals surface area contributed by atoms with Gasteiger partial charge in [0.1, 0.15) is 8.83 Å². The lowest BCUT2D eigenvalue weighted by molar-refractivity contribution is 0.509. The van der Waals surface area contributed by atoms with E-state index in [2.05, 4.69) is 20.8 Å². The molecule has 0 unspecified atom stereocenters. The summed E-state index contributed by atoms with van der Waals surface area (Å²) in [6, 6.07) is 0. The maximum Gasteiger partial charge on any atom is 0.130 e. The second-order valence-corrected chi connectivity index (χ2v) is 11.7. The summed E-state index contributed by atoms with van der Waals surface area (Å²) < 4.78 is 0. The molecule has 0 aromatic carbocycles. The number of hydrogen-bond acceptors (Lipinski definition) is 0. The Hall–Kier alpha value is 0.507. The summed E-state index contributed by atoms with van der Waals surface area (Å²) >= 11 is 6.11. The van der Waals surface area contributed by atoms with Gasteiger partial charge >= 0.3 is 0 Å². The second-order valence-electron chi connectivity index (χ2n) is 8.70. The zero-order valence-electron chi connectivity index (χ0n) is 17.3. The van der Waals surface area contributed by atoms with E-state index in [1.807, 2.05) is 0 Å². The van der Waals surface area contributed by atoms with Crippen molar-refractivity contribution >= 4 is 19.9 Å². The van der Waals surface area contributed by atoms with E-state index in [-0.39, 0.29) is 8.83 Å². The van der Waals surface area contributed by atoms with Gasteiger partial charge in [0.2, 0.25) is 0 Å². The van der Waals surface area contributed by atoms with Crippen molar-refractivity contribution in [1.82, 2.24) is 0 Å². The molecule has 0 aromatic heterocycles. The summed E-state index contributed by atoms with van der Waals surface area (Å²) in [7, 11) is -0.353. The summed E-state index contributed by atoms with van der Waals surface area (Å²) in [5.74, 6) is 0. The molecule has 24 heavy (non-hydrogen) atoms. The maximum atomic E-state index is 6.11. The van der Waals surface area contributed by atoms with Gasteiger partial charge in [-0.3, -0.25) is 0 Å². The molecule has 0 spiro atoms. The van der Waals surface area contributed by atoms with Crippen LogP contribution in [0.3, 0.4) is 0 Å². The van der Waals surface area contributed by atoms with E-state index >= 15 is 0 Å². The average Bonchev–Trinajstić information content (AvgIpc) is 2.57. The van der Waals surface area contributed by atoms with Crippen LogP contribution in [0.1, 0.15) is 136 Å². The fourth-order valence-corrected chi connectivity index (χ4v) is 4.18. The topological polar surface area (TPSA) is 0 Å². The van der Waals surface area contributed by atoms with Gasteiger partial charge in [0, 0.05) is 0 Å². The third-order valence-electron chi connectivity index (χ3n) is 5.32. The number of hydrogen-bond donors (Lipinski definition) is 0. The molecule has 0 aliphatic carbocycles. The van der Waals surface area contributed by atoms with Crippen LogP contribution < -0.4 is 0 Å². The van der Waals surface area contributed by atoms with E-state index in [1.54, 1.807) is 0 Å². The third-order valence-corrected chi connectivity index (χ3v) is 8.57. The fourth-order valence-electron chi connectivity index (χ4n) is 3.40. The zero-order chi connectivity index (χ0) is 17.9. The van der Waals surface area contributed by atoms with Crippen LogP contribution in [0.4, 0.5) is 0 Å². The summed E-state index contributed by atoms with van der Waals surface area (Å²) in [6.45, 7) is 6.99. The predicted molar refractivity (Wildman–Crippen MR) is 117 cm³/mol. The Morgan fingerprint density at radius 1 is 0.542 bits per heavy atom. The highest BCUT2D eigenvalue weighted by atomic mass is 35.6. The molecule has 0 heterocycles. The Labute approximate surface area is 161 Å². The van der Waals surface area contributed by atoms with Gasteiger partial charge in [-0.25, -0.2) is 0 Å². The van der Waals surface area contributed by atoms with E-state index in [4.69, 9.17) is 11.1 Å². The number of rotatable bonds is 19. The van der Waals surface area contributed by atoms with Crippen molar-refractivity contribution in [1.29, 1.82) is 0 Å². The highest BCUT2D eigenvalue weighted by molar-refractivity contribution is 6.95. The quantitative estimate of drug-likeness (QED) is 0.121. The highest BCUT2D eigenvalue weighted by Crippen LogP contribution is 2.31. The largest absolute Gasteiger partial charge is 0.176 e. The van der Waals surface area contributed by atoms with Crippen LogP contribution in [0, 0.1) is 0 Å². The van der Waals surface area contributed by atoms with Crippen molar-refractivity contribution < 1.29 is 0 Å². The molecule has 0 aromatic rings. The van der Waals surface area contributed by atoms with E-state index in [0.29, 0.717) is 5.04 Å². The first kappa shape index (κ1) is 24.5. The Morgan fingerprint density at radius 3 is 1.12 bits per heavy atom. The molecule has 0 N–H and O–H groups in total. The summed E-state index contributed by atoms with van der Waals surface area (Å²) in [5.41, 5.74) is 0. The molecule has 146 valence electrons. The lowest BCUT2D eigenvalue weighted by Gasteiger charge is -2.20. The SMILES string of the molecule is CCCCCCCCCCCCCCCCCCCC(C)(C)[SiH2]Cl. The van der Waals surface area contributed by atoms with Gasteiger partial charge in [-0.1, -0.05) is 130 Å². The van der Waals surface area contributed by atoms with Crippen LogP contribution in [-0.4, -0.2) is 8.83 Å². The van der Waals surface area contributed by atoms with Crippen molar-refractivity contribution in [2.24, 2.45) is 0 Å². The Bertz CT molecular complexity index is 240. The van der Waals surface area contributed by atoms with Gasteiger partial charge in [-0.2, -0.15) is 11.1 Å². The van der Waals surface area contributed by atoms with Gasteiger partial charge in [0.05, 0.1) is 0 Å². The first-order valence-corrected chi connectivity index (χ1v) is 14.0. The van der Waals surface area contributed by atoms with Gasteiger partial charge < -0.3 is 0 Å². The first-order valence-electron chi connectivity index (χ1n) is 11.2. The molecular formula is C22H47ClSi. The lowest BCUT2D eigenvalue weighted by atomic mass is 10.0. The lowest BCUT2D eigenvalue weighted by Crippen LogP contribution is -2.07. The molecule has 0 nitrogen and oxygen atoms in total. The molecule has 0 amide bonds. The number of halogens is 1. The molecular weight excluding hydrogens is 328 g/mol.